The van der Waals surface area contributed by atoms with Gasteiger partial charge in [-0.05, 0) is 24.3 Å². The van der Waals surface area contributed by atoms with Crippen LogP contribution in [-0.2, 0) is 11.0 Å². The van der Waals surface area contributed by atoms with Crippen molar-refractivity contribution in [3.63, 3.8) is 0 Å². The lowest BCUT2D eigenvalue weighted by Crippen LogP contribution is -2.29. The van der Waals surface area contributed by atoms with Crippen molar-refractivity contribution < 1.29 is 32.3 Å². The van der Waals surface area contributed by atoms with E-state index in [1.807, 2.05) is 24.3 Å². The smallest absolute Gasteiger partial charge is 0.388 e. The number of anilines is 2. The molecule has 3 aromatic rings. The van der Waals surface area contributed by atoms with Gasteiger partial charge in [-0.3, -0.25) is 9.59 Å². The van der Waals surface area contributed by atoms with Gasteiger partial charge in [-0.25, -0.2) is 4.39 Å². The van der Waals surface area contributed by atoms with Crippen LogP contribution >= 0.6 is 23.1 Å². The fourth-order valence-electron chi connectivity index (χ4n) is 3.20. The molecule has 0 radical (unpaired) electrons. The number of Topliss-reactive ketones (excluding diaryl/α,β-unsaturated/α-hetero) is 1. The van der Waals surface area contributed by atoms with Crippen LogP contribution in [0.15, 0.2) is 52.7 Å². The monoisotopic (exact) mass is 482 g/mol. The summed E-state index contributed by atoms with van der Waals surface area (Å²) in [6.45, 7) is -0.920. The van der Waals surface area contributed by atoms with Gasteiger partial charge in [-0.2, -0.15) is 13.2 Å². The van der Waals surface area contributed by atoms with Crippen LogP contribution in [0.3, 0.4) is 0 Å². The number of thiophene rings is 1. The Bertz CT molecular complexity index is 1180. The zero-order chi connectivity index (χ0) is 23.0. The molecule has 0 saturated carbocycles. The summed E-state index contributed by atoms with van der Waals surface area (Å²) in [5, 5.41) is 15.8. The molecule has 1 amide bonds. The molecule has 1 aliphatic rings. The number of amides is 1. The molecule has 0 fully saturated rings. The number of thioether (sulfide) groups is 1. The molecule has 0 aliphatic carbocycles. The largest absolute Gasteiger partial charge is 0.416 e. The fraction of sp³-hybridized carbons (Fsp3) is 0.143. The SMILES string of the molecule is O=C(CO)c1c(-c2ccc(C(F)(F)F)cc2F)csc1NC(=O)C1Nc2ccccc2S1. The number of hydrogen-bond donors (Lipinski definition) is 3. The number of para-hydroxylation sites is 1. The maximum atomic E-state index is 14.5. The van der Waals surface area contributed by atoms with Crippen LogP contribution in [0.5, 0.6) is 0 Å². The van der Waals surface area contributed by atoms with E-state index in [-0.39, 0.29) is 21.7 Å². The quantitative estimate of drug-likeness (QED) is 0.343. The van der Waals surface area contributed by atoms with Gasteiger partial charge in [-0.1, -0.05) is 30.0 Å². The second-order valence-corrected chi connectivity index (χ2v) is 8.78. The van der Waals surface area contributed by atoms with Crippen LogP contribution in [0.2, 0.25) is 0 Å². The van der Waals surface area contributed by atoms with Gasteiger partial charge in [-0.15, -0.1) is 11.3 Å². The molecule has 2 aromatic carbocycles. The van der Waals surface area contributed by atoms with Crippen molar-refractivity contribution in [2.75, 3.05) is 17.2 Å². The maximum absolute atomic E-state index is 14.5. The predicted octanol–water partition coefficient (Wildman–Crippen LogP) is 5.23. The predicted molar refractivity (Wildman–Crippen MR) is 114 cm³/mol. The number of rotatable bonds is 5. The van der Waals surface area contributed by atoms with Gasteiger partial charge >= 0.3 is 6.18 Å². The Morgan fingerprint density at radius 3 is 2.53 bits per heavy atom. The van der Waals surface area contributed by atoms with Crippen molar-refractivity contribution in [1.29, 1.82) is 0 Å². The van der Waals surface area contributed by atoms with Crippen molar-refractivity contribution in [1.82, 2.24) is 0 Å². The van der Waals surface area contributed by atoms with Crippen molar-refractivity contribution in [3.8, 4) is 11.1 Å². The zero-order valence-corrected chi connectivity index (χ0v) is 17.6. The second kappa shape index (κ2) is 8.57. The van der Waals surface area contributed by atoms with E-state index in [1.54, 1.807) is 0 Å². The van der Waals surface area contributed by atoms with Crippen molar-refractivity contribution in [2.24, 2.45) is 0 Å². The molecule has 4 rings (SSSR count). The summed E-state index contributed by atoms with van der Waals surface area (Å²) >= 11 is 2.19. The van der Waals surface area contributed by atoms with E-state index in [9.17, 15) is 32.3 Å². The Kier molecular flexibility index (Phi) is 5.97. The Morgan fingerprint density at radius 1 is 1.12 bits per heavy atom. The molecule has 0 saturated heterocycles. The lowest BCUT2D eigenvalue weighted by molar-refractivity contribution is -0.137. The van der Waals surface area contributed by atoms with Gasteiger partial charge < -0.3 is 15.7 Å². The van der Waals surface area contributed by atoms with Gasteiger partial charge in [0.1, 0.15) is 17.4 Å². The van der Waals surface area contributed by atoms with Crippen LogP contribution in [0.25, 0.3) is 11.1 Å². The number of aliphatic hydroxyl groups is 1. The zero-order valence-electron chi connectivity index (χ0n) is 16.0. The average molecular weight is 482 g/mol. The third kappa shape index (κ3) is 4.23. The summed E-state index contributed by atoms with van der Waals surface area (Å²) in [5.74, 6) is -2.45. The Hall–Kier alpha value is -2.89. The molecule has 1 aliphatic heterocycles. The van der Waals surface area contributed by atoms with E-state index in [1.165, 1.54) is 17.1 Å². The van der Waals surface area contributed by atoms with Crippen LogP contribution in [-0.4, -0.2) is 28.8 Å². The average Bonchev–Trinajstić information content (AvgIpc) is 3.36. The lowest BCUT2D eigenvalue weighted by Gasteiger charge is -2.13. The first-order chi connectivity index (χ1) is 15.2. The normalized spacial score (nSPS) is 15.2. The Labute approximate surface area is 187 Å². The van der Waals surface area contributed by atoms with Crippen molar-refractivity contribution in [2.45, 2.75) is 16.4 Å². The van der Waals surface area contributed by atoms with Crippen molar-refractivity contribution in [3.05, 3.63) is 64.8 Å². The lowest BCUT2D eigenvalue weighted by atomic mass is 9.99. The number of hydrogen-bond acceptors (Lipinski definition) is 6. The minimum atomic E-state index is -4.72. The summed E-state index contributed by atoms with van der Waals surface area (Å²) in [7, 11) is 0. The van der Waals surface area contributed by atoms with Gasteiger partial charge in [0.05, 0.1) is 11.1 Å². The van der Waals surface area contributed by atoms with E-state index in [2.05, 4.69) is 10.6 Å². The summed E-state index contributed by atoms with van der Waals surface area (Å²) in [6, 6.07) is 9.27. The second-order valence-electron chi connectivity index (χ2n) is 6.75. The first-order valence-electron chi connectivity index (χ1n) is 9.15. The van der Waals surface area contributed by atoms with Crippen LogP contribution < -0.4 is 10.6 Å². The molecule has 0 spiro atoms. The molecule has 166 valence electrons. The van der Waals surface area contributed by atoms with Gasteiger partial charge in [0.15, 0.2) is 11.2 Å². The van der Waals surface area contributed by atoms with E-state index < -0.39 is 41.2 Å². The minimum absolute atomic E-state index is 0.00843. The van der Waals surface area contributed by atoms with Crippen LogP contribution in [0.1, 0.15) is 15.9 Å². The summed E-state index contributed by atoms with van der Waals surface area (Å²) in [6.07, 6.45) is -4.72. The number of nitrogens with one attached hydrogen (secondary N) is 2. The third-order valence-electron chi connectivity index (χ3n) is 4.69. The molecular weight excluding hydrogens is 468 g/mol. The topological polar surface area (TPSA) is 78.4 Å². The minimum Gasteiger partial charge on any atom is -0.388 e. The van der Waals surface area contributed by atoms with Crippen molar-refractivity contribution >= 4 is 45.5 Å². The number of alkyl halides is 3. The molecule has 1 aromatic heterocycles. The van der Waals surface area contributed by atoms with Crippen LogP contribution in [0.4, 0.5) is 28.3 Å². The standard InChI is InChI=1S/C21H14F4N2O3S2/c22-13-7-10(21(23,24)25)5-6-11(13)12-9-31-19(17(12)15(29)8-28)27-18(30)20-26-14-3-1-2-4-16(14)32-20/h1-7,9,20,26,28H,8H2,(H,27,30). The maximum Gasteiger partial charge on any atom is 0.416 e. The number of carbonyl (C=O) groups is 2. The number of fused-ring (bicyclic) bond motifs is 1. The van der Waals surface area contributed by atoms with Crippen LogP contribution in [0, 0.1) is 5.82 Å². The number of carbonyl (C=O) groups excluding carboxylic acids is 2. The Balaban J connectivity index is 1.64. The molecule has 2 heterocycles. The number of benzene rings is 2. The highest BCUT2D eigenvalue weighted by Gasteiger charge is 2.33. The van der Waals surface area contributed by atoms with Gasteiger partial charge in [0.2, 0.25) is 0 Å². The summed E-state index contributed by atoms with van der Waals surface area (Å²) in [4.78, 5) is 26.0. The van der Waals surface area contributed by atoms with E-state index in [4.69, 9.17) is 0 Å². The summed E-state index contributed by atoms with van der Waals surface area (Å²) < 4.78 is 53.1. The number of ketones is 1. The van der Waals surface area contributed by atoms with Gasteiger partial charge in [0, 0.05) is 27.1 Å². The van der Waals surface area contributed by atoms with E-state index >= 15 is 0 Å². The Morgan fingerprint density at radius 2 is 1.88 bits per heavy atom. The first kappa shape index (κ1) is 22.3. The highest BCUT2D eigenvalue weighted by atomic mass is 32.2. The van der Waals surface area contributed by atoms with E-state index in [0.29, 0.717) is 12.1 Å². The van der Waals surface area contributed by atoms with Gasteiger partial charge in [0.25, 0.3) is 5.91 Å². The first-order valence-corrected chi connectivity index (χ1v) is 10.9. The molecule has 1 unspecified atom stereocenters. The number of halogens is 4. The molecule has 32 heavy (non-hydrogen) atoms. The molecule has 3 N–H and O–H groups in total. The van der Waals surface area contributed by atoms with E-state index in [0.717, 1.165) is 28.0 Å². The molecule has 1 atom stereocenters. The fourth-order valence-corrected chi connectivity index (χ4v) is 5.20. The molecular formula is C21H14F4N2O3S2. The molecule has 5 nitrogen and oxygen atoms in total. The highest BCUT2D eigenvalue weighted by Crippen LogP contribution is 2.41. The molecule has 0 bridgehead atoms. The molecule has 11 heteroatoms. The number of aliphatic hydroxyl groups excluding tert-OH is 1. The third-order valence-corrected chi connectivity index (χ3v) is 6.77. The summed E-state index contributed by atoms with van der Waals surface area (Å²) in [5.41, 5.74) is -0.798. The highest BCUT2D eigenvalue weighted by molar-refractivity contribution is 8.01.